The van der Waals surface area contributed by atoms with Crippen molar-refractivity contribution in [2.75, 3.05) is 18.9 Å². The summed E-state index contributed by atoms with van der Waals surface area (Å²) in [4.78, 5) is 24.7. The number of halogens is 1. The molecule has 0 unspecified atom stereocenters. The fraction of sp³-hybridized carbons (Fsp3) is 0.429. The average Bonchev–Trinajstić information content (AvgIpc) is 2.28. The molecule has 0 atom stereocenters. The Morgan fingerprint density at radius 3 is 2.45 bits per heavy atom. The van der Waals surface area contributed by atoms with Crippen LogP contribution in [0.3, 0.4) is 0 Å². The topological polar surface area (TPSA) is 69.6 Å². The zero-order valence-electron chi connectivity index (χ0n) is 12.0. The Morgan fingerprint density at radius 1 is 1.35 bits per heavy atom. The lowest BCUT2D eigenvalue weighted by Crippen LogP contribution is -2.37. The molecule has 2 amide bonds. The van der Waals surface area contributed by atoms with Crippen LogP contribution in [0.1, 0.15) is 31.1 Å². The fourth-order valence-corrected chi connectivity index (χ4v) is 1.97. The summed E-state index contributed by atoms with van der Waals surface area (Å²) in [6.07, 6.45) is 0. The van der Waals surface area contributed by atoms with Gasteiger partial charge in [-0.1, -0.05) is 32.4 Å². The van der Waals surface area contributed by atoms with E-state index in [2.05, 4.69) is 5.32 Å². The fourth-order valence-electron chi connectivity index (χ4n) is 1.80. The van der Waals surface area contributed by atoms with Gasteiger partial charge in [0.15, 0.2) is 0 Å². The minimum absolute atomic E-state index is 0.0324. The van der Waals surface area contributed by atoms with E-state index in [9.17, 15) is 9.59 Å². The van der Waals surface area contributed by atoms with Crippen LogP contribution in [-0.4, -0.2) is 35.6 Å². The van der Waals surface area contributed by atoms with Crippen molar-refractivity contribution in [2.24, 2.45) is 5.41 Å². The van der Waals surface area contributed by atoms with Crippen LogP contribution in [0.15, 0.2) is 18.2 Å². The second kappa shape index (κ2) is 6.13. The van der Waals surface area contributed by atoms with Crippen molar-refractivity contribution in [1.82, 2.24) is 4.90 Å². The number of carboxylic acids is 1. The molecule has 1 rings (SSSR count). The van der Waals surface area contributed by atoms with E-state index >= 15 is 0 Å². The van der Waals surface area contributed by atoms with E-state index in [1.807, 2.05) is 20.8 Å². The largest absolute Gasteiger partial charge is 0.478 e. The molecule has 6 heteroatoms. The minimum atomic E-state index is -1.14. The number of urea groups is 1. The molecular formula is C14H19ClN2O3. The van der Waals surface area contributed by atoms with Gasteiger partial charge in [-0.05, 0) is 23.6 Å². The first-order valence-corrected chi connectivity index (χ1v) is 6.53. The van der Waals surface area contributed by atoms with Crippen LogP contribution in [-0.2, 0) is 0 Å². The maximum Gasteiger partial charge on any atom is 0.337 e. The van der Waals surface area contributed by atoms with Crippen LogP contribution in [0, 0.1) is 5.41 Å². The summed E-state index contributed by atoms with van der Waals surface area (Å²) in [5, 5.41) is 12.0. The summed E-state index contributed by atoms with van der Waals surface area (Å²) >= 11 is 5.76. The van der Waals surface area contributed by atoms with E-state index in [0.29, 0.717) is 11.6 Å². The highest BCUT2D eigenvalue weighted by Gasteiger charge is 2.19. The third-order valence-corrected chi connectivity index (χ3v) is 2.75. The number of rotatable bonds is 3. The first-order chi connectivity index (χ1) is 9.10. The first kappa shape index (κ1) is 16.3. The SMILES string of the molecule is CN(CC(C)(C)C)C(=O)Nc1ccc(Cl)cc1C(=O)O. The minimum Gasteiger partial charge on any atom is -0.478 e. The van der Waals surface area contributed by atoms with Gasteiger partial charge in [-0.2, -0.15) is 0 Å². The van der Waals surface area contributed by atoms with E-state index in [1.54, 1.807) is 7.05 Å². The van der Waals surface area contributed by atoms with Crippen LogP contribution in [0.4, 0.5) is 10.5 Å². The number of anilines is 1. The van der Waals surface area contributed by atoms with E-state index in [-0.39, 0.29) is 22.7 Å². The third kappa shape index (κ3) is 4.74. The van der Waals surface area contributed by atoms with Gasteiger partial charge in [0.1, 0.15) is 0 Å². The Kier molecular flexibility index (Phi) is 5.00. The number of nitrogens with zero attached hydrogens (tertiary/aromatic N) is 1. The average molecular weight is 299 g/mol. The molecule has 0 aliphatic heterocycles. The van der Waals surface area contributed by atoms with Crippen LogP contribution in [0.25, 0.3) is 0 Å². The van der Waals surface area contributed by atoms with Crippen molar-refractivity contribution in [1.29, 1.82) is 0 Å². The number of aromatic carboxylic acids is 1. The lowest BCUT2D eigenvalue weighted by molar-refractivity contribution is 0.0698. The monoisotopic (exact) mass is 298 g/mol. The number of amides is 2. The molecule has 1 aromatic carbocycles. The zero-order valence-corrected chi connectivity index (χ0v) is 12.8. The van der Waals surface area contributed by atoms with Gasteiger partial charge in [-0.3, -0.25) is 0 Å². The first-order valence-electron chi connectivity index (χ1n) is 6.15. The highest BCUT2D eigenvalue weighted by atomic mass is 35.5. The van der Waals surface area contributed by atoms with Gasteiger partial charge in [0.2, 0.25) is 0 Å². The van der Waals surface area contributed by atoms with Gasteiger partial charge in [-0.15, -0.1) is 0 Å². The molecule has 0 heterocycles. The van der Waals surface area contributed by atoms with E-state index in [0.717, 1.165) is 0 Å². The Bertz CT molecular complexity index is 524. The lowest BCUT2D eigenvalue weighted by atomic mass is 9.96. The van der Waals surface area contributed by atoms with Gasteiger partial charge < -0.3 is 15.3 Å². The van der Waals surface area contributed by atoms with E-state index in [4.69, 9.17) is 16.7 Å². The summed E-state index contributed by atoms with van der Waals surface area (Å²) in [5.74, 6) is -1.14. The number of hydrogen-bond donors (Lipinski definition) is 2. The molecule has 0 saturated heterocycles. The van der Waals surface area contributed by atoms with Crippen molar-refractivity contribution in [3.63, 3.8) is 0 Å². The van der Waals surface area contributed by atoms with Crippen LogP contribution in [0.2, 0.25) is 5.02 Å². The molecule has 0 fully saturated rings. The van der Waals surface area contributed by atoms with Crippen molar-refractivity contribution in [3.8, 4) is 0 Å². The predicted octanol–water partition coefficient (Wildman–Crippen LogP) is 3.55. The van der Waals surface area contributed by atoms with Crippen LogP contribution in [0.5, 0.6) is 0 Å². The Hall–Kier alpha value is -1.75. The summed E-state index contributed by atoms with van der Waals surface area (Å²) < 4.78 is 0. The summed E-state index contributed by atoms with van der Waals surface area (Å²) in [6.45, 7) is 6.60. The number of benzene rings is 1. The molecule has 0 aromatic heterocycles. The van der Waals surface area contributed by atoms with Crippen LogP contribution >= 0.6 is 11.6 Å². The van der Waals surface area contributed by atoms with Crippen molar-refractivity contribution >= 4 is 29.3 Å². The molecule has 5 nitrogen and oxygen atoms in total. The van der Waals surface area contributed by atoms with Gasteiger partial charge in [0.25, 0.3) is 0 Å². The summed E-state index contributed by atoms with van der Waals surface area (Å²) in [7, 11) is 1.66. The molecule has 2 N–H and O–H groups in total. The third-order valence-electron chi connectivity index (χ3n) is 2.51. The lowest BCUT2D eigenvalue weighted by Gasteiger charge is -2.27. The Labute approximate surface area is 123 Å². The molecule has 20 heavy (non-hydrogen) atoms. The predicted molar refractivity (Wildman–Crippen MR) is 79.5 cm³/mol. The standard InChI is InChI=1S/C14H19ClN2O3/c1-14(2,3)8-17(4)13(20)16-11-6-5-9(15)7-10(11)12(18)19/h5-7H,8H2,1-4H3,(H,16,20)(H,18,19). The van der Waals surface area contributed by atoms with Gasteiger partial charge >= 0.3 is 12.0 Å². The maximum absolute atomic E-state index is 12.0. The number of nitrogens with one attached hydrogen (secondary N) is 1. The highest BCUT2D eigenvalue weighted by molar-refractivity contribution is 6.31. The van der Waals surface area contributed by atoms with Gasteiger partial charge in [0, 0.05) is 18.6 Å². The van der Waals surface area contributed by atoms with Gasteiger partial charge in [-0.25, -0.2) is 9.59 Å². The summed E-state index contributed by atoms with van der Waals surface area (Å²) in [6, 6.07) is 3.97. The smallest absolute Gasteiger partial charge is 0.337 e. The summed E-state index contributed by atoms with van der Waals surface area (Å²) in [5.41, 5.74) is 0.157. The van der Waals surface area contributed by atoms with Crippen molar-refractivity contribution < 1.29 is 14.7 Å². The molecule has 0 spiro atoms. The number of carboxylic acid groups (broad SMARTS) is 1. The molecule has 0 aliphatic carbocycles. The van der Waals surface area contributed by atoms with Gasteiger partial charge in [0.05, 0.1) is 11.3 Å². The molecule has 0 aliphatic rings. The highest BCUT2D eigenvalue weighted by Crippen LogP contribution is 2.21. The van der Waals surface area contributed by atoms with E-state index in [1.165, 1.54) is 23.1 Å². The van der Waals surface area contributed by atoms with E-state index < -0.39 is 5.97 Å². The normalized spacial score (nSPS) is 11.1. The molecular weight excluding hydrogens is 280 g/mol. The Morgan fingerprint density at radius 2 is 1.95 bits per heavy atom. The molecule has 0 bridgehead atoms. The second-order valence-corrected chi connectivity index (χ2v) is 6.28. The molecule has 0 saturated carbocycles. The molecule has 0 radical (unpaired) electrons. The Balaban J connectivity index is 2.88. The molecule has 1 aromatic rings. The van der Waals surface area contributed by atoms with Crippen molar-refractivity contribution in [2.45, 2.75) is 20.8 Å². The molecule has 110 valence electrons. The number of carbonyl (C=O) groups excluding carboxylic acids is 1. The number of carbonyl (C=O) groups is 2. The maximum atomic E-state index is 12.0. The number of hydrogen-bond acceptors (Lipinski definition) is 2. The zero-order chi connectivity index (χ0) is 15.5. The quantitative estimate of drug-likeness (QED) is 0.896. The van der Waals surface area contributed by atoms with Crippen LogP contribution < -0.4 is 5.32 Å². The van der Waals surface area contributed by atoms with Crippen molar-refractivity contribution in [3.05, 3.63) is 28.8 Å². The second-order valence-electron chi connectivity index (χ2n) is 5.84.